The number of para-hydroxylation sites is 1. The van der Waals surface area contributed by atoms with Crippen LogP contribution in [0.15, 0.2) is 36.7 Å². The Kier molecular flexibility index (Phi) is 4.15. The molecule has 0 unspecified atom stereocenters. The number of aromatic nitrogens is 2. The van der Waals surface area contributed by atoms with E-state index in [4.69, 9.17) is 0 Å². The zero-order valence-corrected chi connectivity index (χ0v) is 11.1. The molecule has 1 heterocycles. The number of hydrogen-bond acceptors (Lipinski definition) is 2. The third-order valence-corrected chi connectivity index (χ3v) is 2.76. The molecular formula is C13H13F3N4O. The minimum atomic E-state index is -4.52. The Labute approximate surface area is 118 Å². The van der Waals surface area contributed by atoms with E-state index in [0.29, 0.717) is 5.82 Å². The van der Waals surface area contributed by atoms with E-state index < -0.39 is 17.8 Å². The highest BCUT2D eigenvalue weighted by atomic mass is 19.4. The third-order valence-electron chi connectivity index (χ3n) is 2.76. The average molecular weight is 298 g/mol. The van der Waals surface area contributed by atoms with Crippen molar-refractivity contribution in [1.82, 2.24) is 14.9 Å². The first-order chi connectivity index (χ1) is 9.88. The van der Waals surface area contributed by atoms with Crippen molar-refractivity contribution in [1.29, 1.82) is 0 Å². The van der Waals surface area contributed by atoms with Crippen LogP contribution in [-0.4, -0.2) is 27.9 Å². The number of carbonyl (C=O) groups is 1. The predicted octanol–water partition coefficient (Wildman–Crippen LogP) is 3.09. The molecule has 0 atom stereocenters. The van der Waals surface area contributed by atoms with E-state index in [1.165, 1.54) is 36.3 Å². The van der Waals surface area contributed by atoms with Crippen molar-refractivity contribution in [3.63, 3.8) is 0 Å². The number of alkyl halides is 3. The maximum atomic E-state index is 12.8. The summed E-state index contributed by atoms with van der Waals surface area (Å²) in [6.07, 6.45) is -1.40. The number of urea groups is 1. The van der Waals surface area contributed by atoms with E-state index >= 15 is 0 Å². The van der Waals surface area contributed by atoms with E-state index in [-0.39, 0.29) is 12.2 Å². The summed E-state index contributed by atoms with van der Waals surface area (Å²) in [7, 11) is 1.47. The van der Waals surface area contributed by atoms with Gasteiger partial charge in [-0.1, -0.05) is 12.1 Å². The van der Waals surface area contributed by atoms with Crippen LogP contribution in [0.5, 0.6) is 0 Å². The molecule has 0 aliphatic rings. The molecule has 2 rings (SSSR count). The first-order valence-electron chi connectivity index (χ1n) is 6.04. The molecule has 0 radical (unpaired) electrons. The Morgan fingerprint density at radius 2 is 2.10 bits per heavy atom. The highest BCUT2D eigenvalue weighted by Crippen LogP contribution is 2.34. The number of nitrogens with zero attached hydrogens (tertiary/aromatic N) is 2. The van der Waals surface area contributed by atoms with E-state index in [0.717, 1.165) is 6.07 Å². The molecular weight excluding hydrogens is 285 g/mol. The summed E-state index contributed by atoms with van der Waals surface area (Å²) < 4.78 is 38.5. The highest BCUT2D eigenvalue weighted by molar-refractivity contribution is 5.90. The van der Waals surface area contributed by atoms with Gasteiger partial charge in [0.1, 0.15) is 5.82 Å². The van der Waals surface area contributed by atoms with Gasteiger partial charge in [-0.3, -0.25) is 0 Å². The van der Waals surface area contributed by atoms with Crippen LogP contribution in [0, 0.1) is 0 Å². The summed E-state index contributed by atoms with van der Waals surface area (Å²) in [5, 5.41) is 2.25. The van der Waals surface area contributed by atoms with Gasteiger partial charge in [0.2, 0.25) is 0 Å². The molecule has 0 aliphatic heterocycles. The molecule has 5 nitrogen and oxygen atoms in total. The molecule has 0 aliphatic carbocycles. The Balaban J connectivity index is 2.09. The summed E-state index contributed by atoms with van der Waals surface area (Å²) in [6.45, 7) is 0.160. The van der Waals surface area contributed by atoms with Gasteiger partial charge in [0, 0.05) is 19.4 Å². The molecule has 21 heavy (non-hydrogen) atoms. The Bertz CT molecular complexity index is 610. The standard InChI is InChI=1S/C13H13F3N4O/c1-20(8-11-17-6-7-18-11)12(21)19-10-5-3-2-4-9(10)13(14,15)16/h2-7H,8H2,1H3,(H,17,18)(H,19,21). The van der Waals surface area contributed by atoms with E-state index in [9.17, 15) is 18.0 Å². The third kappa shape index (κ3) is 3.74. The van der Waals surface area contributed by atoms with Crippen LogP contribution in [-0.2, 0) is 12.7 Å². The summed E-state index contributed by atoms with van der Waals surface area (Å²) in [4.78, 5) is 19.9. The van der Waals surface area contributed by atoms with Crippen LogP contribution in [0.1, 0.15) is 11.4 Å². The van der Waals surface area contributed by atoms with Crippen molar-refractivity contribution < 1.29 is 18.0 Å². The zero-order chi connectivity index (χ0) is 15.5. The lowest BCUT2D eigenvalue weighted by molar-refractivity contribution is -0.136. The fourth-order valence-electron chi connectivity index (χ4n) is 1.73. The number of hydrogen-bond donors (Lipinski definition) is 2. The first-order valence-corrected chi connectivity index (χ1v) is 6.04. The van der Waals surface area contributed by atoms with Gasteiger partial charge < -0.3 is 15.2 Å². The lowest BCUT2D eigenvalue weighted by Crippen LogP contribution is -2.32. The number of benzene rings is 1. The second-order valence-corrected chi connectivity index (χ2v) is 4.37. The monoisotopic (exact) mass is 298 g/mol. The summed E-state index contributed by atoms with van der Waals surface area (Å²) in [6, 6.07) is 4.18. The van der Waals surface area contributed by atoms with Gasteiger partial charge in [-0.15, -0.1) is 0 Å². The molecule has 2 aromatic rings. The minimum absolute atomic E-state index is 0.160. The predicted molar refractivity (Wildman–Crippen MR) is 70.5 cm³/mol. The van der Waals surface area contributed by atoms with E-state index in [2.05, 4.69) is 15.3 Å². The molecule has 1 aromatic heterocycles. The average Bonchev–Trinajstić information content (AvgIpc) is 2.91. The summed E-state index contributed by atoms with van der Waals surface area (Å²) >= 11 is 0. The normalized spacial score (nSPS) is 11.2. The van der Waals surface area contributed by atoms with Gasteiger partial charge in [-0.05, 0) is 12.1 Å². The van der Waals surface area contributed by atoms with Crippen LogP contribution in [0.3, 0.4) is 0 Å². The fraction of sp³-hybridized carbons (Fsp3) is 0.231. The van der Waals surface area contributed by atoms with E-state index in [1.807, 2.05) is 0 Å². The Morgan fingerprint density at radius 1 is 1.38 bits per heavy atom. The molecule has 0 spiro atoms. The molecule has 2 amide bonds. The molecule has 112 valence electrons. The van der Waals surface area contributed by atoms with Crippen LogP contribution < -0.4 is 5.32 Å². The number of H-pyrrole nitrogens is 1. The number of anilines is 1. The molecule has 0 saturated heterocycles. The van der Waals surface area contributed by atoms with Crippen molar-refractivity contribution in [3.8, 4) is 0 Å². The number of amides is 2. The minimum Gasteiger partial charge on any atom is -0.347 e. The lowest BCUT2D eigenvalue weighted by atomic mass is 10.1. The van der Waals surface area contributed by atoms with Gasteiger partial charge >= 0.3 is 12.2 Å². The topological polar surface area (TPSA) is 61.0 Å². The fourth-order valence-corrected chi connectivity index (χ4v) is 1.73. The molecule has 0 saturated carbocycles. The molecule has 0 bridgehead atoms. The van der Waals surface area contributed by atoms with Crippen LogP contribution in [0.2, 0.25) is 0 Å². The van der Waals surface area contributed by atoms with Crippen molar-refractivity contribution in [3.05, 3.63) is 48.0 Å². The molecule has 8 heteroatoms. The van der Waals surface area contributed by atoms with Gasteiger partial charge in [0.25, 0.3) is 0 Å². The van der Waals surface area contributed by atoms with Crippen LogP contribution in [0.4, 0.5) is 23.7 Å². The number of imidazole rings is 1. The van der Waals surface area contributed by atoms with Crippen LogP contribution >= 0.6 is 0 Å². The van der Waals surface area contributed by atoms with Crippen molar-refractivity contribution in [2.75, 3.05) is 12.4 Å². The Hall–Kier alpha value is -2.51. The first kappa shape index (κ1) is 14.9. The maximum Gasteiger partial charge on any atom is 0.418 e. The second kappa shape index (κ2) is 5.86. The maximum absolute atomic E-state index is 12.8. The van der Waals surface area contributed by atoms with E-state index in [1.54, 1.807) is 6.20 Å². The zero-order valence-electron chi connectivity index (χ0n) is 11.1. The second-order valence-electron chi connectivity index (χ2n) is 4.37. The SMILES string of the molecule is CN(Cc1ncc[nH]1)C(=O)Nc1ccccc1C(F)(F)F. The number of aromatic amines is 1. The number of rotatable bonds is 3. The molecule has 2 N–H and O–H groups in total. The lowest BCUT2D eigenvalue weighted by Gasteiger charge is -2.19. The Morgan fingerprint density at radius 3 is 2.71 bits per heavy atom. The smallest absolute Gasteiger partial charge is 0.347 e. The van der Waals surface area contributed by atoms with Crippen molar-refractivity contribution >= 4 is 11.7 Å². The van der Waals surface area contributed by atoms with Crippen molar-refractivity contribution in [2.45, 2.75) is 12.7 Å². The van der Waals surface area contributed by atoms with Gasteiger partial charge in [0.15, 0.2) is 0 Å². The number of halogens is 3. The summed E-state index contributed by atoms with van der Waals surface area (Å²) in [5.41, 5.74) is -1.16. The van der Waals surface area contributed by atoms with Crippen LogP contribution in [0.25, 0.3) is 0 Å². The van der Waals surface area contributed by atoms with Gasteiger partial charge in [-0.2, -0.15) is 13.2 Å². The highest BCUT2D eigenvalue weighted by Gasteiger charge is 2.33. The molecule has 0 fully saturated rings. The largest absolute Gasteiger partial charge is 0.418 e. The quantitative estimate of drug-likeness (QED) is 0.914. The number of carbonyl (C=O) groups excluding carboxylic acids is 1. The van der Waals surface area contributed by atoms with Gasteiger partial charge in [-0.25, -0.2) is 9.78 Å². The summed E-state index contributed by atoms with van der Waals surface area (Å²) in [5.74, 6) is 0.539. The van der Waals surface area contributed by atoms with Crippen molar-refractivity contribution in [2.24, 2.45) is 0 Å². The molecule has 1 aromatic carbocycles. The van der Waals surface area contributed by atoms with Gasteiger partial charge in [0.05, 0.1) is 17.8 Å². The number of nitrogens with one attached hydrogen (secondary N) is 2.